The molecule has 0 aliphatic carbocycles. The molecule has 4 heterocycles. The molecule has 0 spiro atoms. The van der Waals surface area contributed by atoms with Gasteiger partial charge in [-0.3, -0.25) is 9.78 Å². The van der Waals surface area contributed by atoms with Crippen LogP contribution in [0.15, 0.2) is 47.7 Å². The number of carboxylic acids is 1. The fraction of sp³-hybridized carbons (Fsp3) is 0.483. The number of benzene rings is 1. The summed E-state index contributed by atoms with van der Waals surface area (Å²) in [4.78, 5) is 28.2. The molecular weight excluding hydrogens is 541 g/mol. The van der Waals surface area contributed by atoms with Crippen LogP contribution in [-0.2, 0) is 11.8 Å². The van der Waals surface area contributed by atoms with Crippen molar-refractivity contribution in [3.8, 4) is 22.6 Å². The lowest BCUT2D eigenvalue weighted by Gasteiger charge is -2.35. The first kappa shape index (κ1) is 30.3. The van der Waals surface area contributed by atoms with E-state index in [0.29, 0.717) is 11.1 Å². The van der Waals surface area contributed by atoms with E-state index in [1.807, 2.05) is 30.5 Å². The van der Waals surface area contributed by atoms with Gasteiger partial charge < -0.3 is 29.4 Å². The maximum Gasteiger partial charge on any atom is 0.490 e. The summed E-state index contributed by atoms with van der Waals surface area (Å²) in [6.45, 7) is 5.72. The van der Waals surface area contributed by atoms with Gasteiger partial charge in [-0.25, -0.2) is 4.79 Å². The van der Waals surface area contributed by atoms with Gasteiger partial charge in [0, 0.05) is 50.8 Å². The minimum absolute atomic E-state index is 0.0507. The first-order valence-electron chi connectivity index (χ1n) is 13.6. The molecule has 0 amide bonds. The molecule has 0 atom stereocenters. The molecule has 0 unspecified atom stereocenters. The first-order chi connectivity index (χ1) is 19.6. The lowest BCUT2D eigenvalue weighted by atomic mass is 9.96. The van der Waals surface area contributed by atoms with Crippen molar-refractivity contribution in [1.82, 2.24) is 19.8 Å². The van der Waals surface area contributed by atoms with Gasteiger partial charge in [-0.15, -0.1) is 0 Å². The molecule has 0 bridgehead atoms. The second-order valence-electron chi connectivity index (χ2n) is 10.4. The zero-order chi connectivity index (χ0) is 29.6. The molecule has 222 valence electrons. The highest BCUT2D eigenvalue weighted by molar-refractivity contribution is 5.95. The van der Waals surface area contributed by atoms with Crippen molar-refractivity contribution in [3.05, 3.63) is 53.2 Å². The number of rotatable bonds is 6. The van der Waals surface area contributed by atoms with Crippen molar-refractivity contribution in [2.45, 2.75) is 38.0 Å². The van der Waals surface area contributed by atoms with Crippen LogP contribution < -0.4 is 20.3 Å². The standard InChI is InChI=1S/C27H34N4O3.C2HF3O2/c1-30-18-24(22-7-12-29-16-23(22)27(30)32)20-3-4-25(26(15-20)33-2)34-21-8-13-31(14-9-21)17-19-5-10-28-11-6-19;3-2(4,5)1(6)7/h3-4,7,12,15-16,18-19,21,28H,5-6,8-11,13-14,17H2,1-2H3;(H,6,7). The molecule has 2 saturated heterocycles. The average Bonchev–Trinajstić information content (AvgIpc) is 2.96. The molecule has 41 heavy (non-hydrogen) atoms. The van der Waals surface area contributed by atoms with E-state index in [1.165, 1.54) is 19.4 Å². The summed E-state index contributed by atoms with van der Waals surface area (Å²) in [5.41, 5.74) is 1.90. The number of ether oxygens (including phenoxy) is 2. The van der Waals surface area contributed by atoms with E-state index in [2.05, 4.69) is 15.2 Å². The third-order valence-corrected chi connectivity index (χ3v) is 7.51. The second kappa shape index (κ2) is 13.3. The van der Waals surface area contributed by atoms with E-state index in [0.717, 1.165) is 67.2 Å². The zero-order valence-electron chi connectivity index (χ0n) is 23.1. The Bertz CT molecular complexity index is 1400. The van der Waals surface area contributed by atoms with Crippen molar-refractivity contribution in [2.75, 3.05) is 39.8 Å². The number of hydrogen-bond donors (Lipinski definition) is 2. The van der Waals surface area contributed by atoms with Gasteiger partial charge >= 0.3 is 12.1 Å². The maximum atomic E-state index is 12.5. The van der Waals surface area contributed by atoms with Gasteiger partial charge in [-0.2, -0.15) is 13.2 Å². The fourth-order valence-corrected chi connectivity index (χ4v) is 5.29. The minimum Gasteiger partial charge on any atom is -0.493 e. The highest BCUT2D eigenvalue weighted by Crippen LogP contribution is 2.36. The lowest BCUT2D eigenvalue weighted by Crippen LogP contribution is -2.42. The third kappa shape index (κ3) is 7.76. The van der Waals surface area contributed by atoms with E-state index in [1.54, 1.807) is 31.1 Å². The normalized spacial score (nSPS) is 17.1. The lowest BCUT2D eigenvalue weighted by molar-refractivity contribution is -0.192. The molecule has 5 rings (SSSR count). The summed E-state index contributed by atoms with van der Waals surface area (Å²) in [6.07, 6.45) is 5.00. The molecule has 2 aliphatic heterocycles. The summed E-state index contributed by atoms with van der Waals surface area (Å²) in [5, 5.41) is 12.1. The monoisotopic (exact) mass is 576 g/mol. The minimum atomic E-state index is -5.08. The van der Waals surface area contributed by atoms with Crippen LogP contribution in [0.3, 0.4) is 0 Å². The van der Waals surface area contributed by atoms with Gasteiger partial charge in [-0.1, -0.05) is 6.07 Å². The van der Waals surface area contributed by atoms with Crippen molar-refractivity contribution in [3.63, 3.8) is 0 Å². The Labute approximate surface area is 235 Å². The van der Waals surface area contributed by atoms with Crippen molar-refractivity contribution < 1.29 is 32.5 Å². The van der Waals surface area contributed by atoms with Crippen molar-refractivity contribution >= 4 is 16.7 Å². The maximum absolute atomic E-state index is 12.5. The number of methoxy groups -OCH3 is 1. The van der Waals surface area contributed by atoms with E-state index < -0.39 is 12.1 Å². The Hall–Kier alpha value is -3.64. The summed E-state index contributed by atoms with van der Waals surface area (Å²) in [6, 6.07) is 7.93. The first-order valence-corrected chi connectivity index (χ1v) is 13.6. The number of halogens is 3. The fourth-order valence-electron chi connectivity index (χ4n) is 5.29. The van der Waals surface area contributed by atoms with Crippen LogP contribution in [0.5, 0.6) is 11.5 Å². The van der Waals surface area contributed by atoms with Crippen LogP contribution in [0.2, 0.25) is 0 Å². The van der Waals surface area contributed by atoms with Gasteiger partial charge in [0.2, 0.25) is 0 Å². The molecule has 3 aromatic rings. The average molecular weight is 577 g/mol. The van der Waals surface area contributed by atoms with Gasteiger partial charge in [0.15, 0.2) is 11.5 Å². The molecule has 2 aromatic heterocycles. The van der Waals surface area contributed by atoms with Crippen LogP contribution in [0.25, 0.3) is 21.9 Å². The largest absolute Gasteiger partial charge is 0.493 e. The Morgan fingerprint density at radius 2 is 1.78 bits per heavy atom. The number of carbonyl (C=O) groups is 1. The summed E-state index contributed by atoms with van der Waals surface area (Å²) in [5.74, 6) is -0.437. The third-order valence-electron chi connectivity index (χ3n) is 7.51. The van der Waals surface area contributed by atoms with E-state index >= 15 is 0 Å². The Morgan fingerprint density at radius 1 is 1.10 bits per heavy atom. The smallest absolute Gasteiger partial charge is 0.490 e. The number of nitrogens with one attached hydrogen (secondary N) is 1. The quantitative estimate of drug-likeness (QED) is 0.452. The molecule has 9 nitrogen and oxygen atoms in total. The molecule has 0 radical (unpaired) electrons. The Morgan fingerprint density at radius 3 is 2.41 bits per heavy atom. The number of aryl methyl sites for hydroxylation is 1. The number of piperidine rings is 2. The predicted octanol–water partition coefficient (Wildman–Crippen LogP) is 4.09. The van der Waals surface area contributed by atoms with E-state index in [9.17, 15) is 18.0 Å². The SMILES string of the molecule is COc1cc(-c2cn(C)c(=O)c3cnccc23)ccc1OC1CCN(CC2CCNCC2)CC1.O=C(O)C(F)(F)F. The number of aromatic nitrogens is 2. The van der Waals surface area contributed by atoms with Gasteiger partial charge in [0.1, 0.15) is 6.10 Å². The van der Waals surface area contributed by atoms with Gasteiger partial charge in [-0.05, 0) is 73.8 Å². The number of carboxylic acid groups (broad SMARTS) is 1. The molecule has 2 N–H and O–H groups in total. The summed E-state index contributed by atoms with van der Waals surface area (Å²) in [7, 11) is 3.45. The van der Waals surface area contributed by atoms with Crippen LogP contribution in [0.1, 0.15) is 25.7 Å². The zero-order valence-corrected chi connectivity index (χ0v) is 23.1. The van der Waals surface area contributed by atoms with Crippen LogP contribution in [0.4, 0.5) is 13.2 Å². The highest BCUT2D eigenvalue weighted by atomic mass is 19.4. The summed E-state index contributed by atoms with van der Waals surface area (Å²) < 4.78 is 45.5. The molecule has 1 aromatic carbocycles. The topological polar surface area (TPSA) is 106 Å². The van der Waals surface area contributed by atoms with Gasteiger partial charge in [0.05, 0.1) is 12.5 Å². The number of fused-ring (bicyclic) bond motifs is 1. The van der Waals surface area contributed by atoms with E-state index in [4.69, 9.17) is 19.4 Å². The number of aliphatic carboxylic acids is 1. The molecule has 0 saturated carbocycles. The highest BCUT2D eigenvalue weighted by Gasteiger charge is 2.38. The number of alkyl halides is 3. The number of nitrogens with zero attached hydrogens (tertiary/aromatic N) is 3. The molecule has 12 heteroatoms. The number of likely N-dealkylation sites (tertiary alicyclic amines) is 1. The number of pyridine rings is 2. The number of hydrogen-bond acceptors (Lipinski definition) is 7. The van der Waals surface area contributed by atoms with Crippen molar-refractivity contribution in [2.24, 2.45) is 13.0 Å². The Balaban J connectivity index is 0.000000493. The predicted molar refractivity (Wildman–Crippen MR) is 148 cm³/mol. The molecule has 2 aliphatic rings. The molecule has 2 fully saturated rings. The summed E-state index contributed by atoms with van der Waals surface area (Å²) >= 11 is 0. The second-order valence-corrected chi connectivity index (χ2v) is 10.4. The van der Waals surface area contributed by atoms with Crippen LogP contribution in [0, 0.1) is 5.92 Å². The Kier molecular flexibility index (Phi) is 9.87. The van der Waals surface area contributed by atoms with Crippen LogP contribution >= 0.6 is 0 Å². The van der Waals surface area contributed by atoms with Crippen LogP contribution in [-0.4, -0.2) is 77.6 Å². The van der Waals surface area contributed by atoms with Crippen molar-refractivity contribution in [1.29, 1.82) is 0 Å². The van der Waals surface area contributed by atoms with Gasteiger partial charge in [0.25, 0.3) is 5.56 Å². The van der Waals surface area contributed by atoms with E-state index in [-0.39, 0.29) is 11.7 Å². The molecular formula is C29H35F3N4O5.